The van der Waals surface area contributed by atoms with Crippen LogP contribution in [0, 0.1) is 0 Å². The standard InChI is InChI=1S/C14H18N4O3/c1-9(10-3-4-12(19)13(5-10)21-2)17-11-6-16-18(7-11)8-14(15)20/h3-7,9,17,19H,8H2,1-2H3,(H2,15,20). The normalized spacial score (nSPS) is 11.9. The Morgan fingerprint density at radius 2 is 2.33 bits per heavy atom. The van der Waals surface area contributed by atoms with Gasteiger partial charge >= 0.3 is 0 Å². The second-order valence-corrected chi connectivity index (χ2v) is 4.69. The molecular weight excluding hydrogens is 272 g/mol. The van der Waals surface area contributed by atoms with Crippen LogP contribution in [-0.4, -0.2) is 27.9 Å². The Morgan fingerprint density at radius 1 is 1.57 bits per heavy atom. The average Bonchev–Trinajstić information content (AvgIpc) is 2.85. The van der Waals surface area contributed by atoms with E-state index in [0.717, 1.165) is 11.3 Å². The van der Waals surface area contributed by atoms with Gasteiger partial charge < -0.3 is 20.9 Å². The number of phenols is 1. The molecule has 112 valence electrons. The van der Waals surface area contributed by atoms with Crippen LogP contribution in [0.5, 0.6) is 11.5 Å². The maximum absolute atomic E-state index is 10.8. The maximum atomic E-state index is 10.8. The second-order valence-electron chi connectivity index (χ2n) is 4.69. The lowest BCUT2D eigenvalue weighted by Gasteiger charge is -2.15. The van der Waals surface area contributed by atoms with E-state index < -0.39 is 5.91 Å². The number of hydrogen-bond donors (Lipinski definition) is 3. The SMILES string of the molecule is COc1cc(C(C)Nc2cnn(CC(N)=O)c2)ccc1O. The first kappa shape index (κ1) is 14.7. The highest BCUT2D eigenvalue weighted by Gasteiger charge is 2.10. The fourth-order valence-electron chi connectivity index (χ4n) is 1.98. The molecule has 21 heavy (non-hydrogen) atoms. The molecule has 2 aromatic rings. The molecule has 0 saturated heterocycles. The number of nitrogens with zero attached hydrogens (tertiary/aromatic N) is 2. The van der Waals surface area contributed by atoms with Crippen LogP contribution in [0.2, 0.25) is 0 Å². The van der Waals surface area contributed by atoms with Crippen molar-refractivity contribution in [1.82, 2.24) is 9.78 Å². The first-order chi connectivity index (χ1) is 9.99. The summed E-state index contributed by atoms with van der Waals surface area (Å²) in [6, 6.07) is 5.14. The van der Waals surface area contributed by atoms with Crippen molar-refractivity contribution in [2.45, 2.75) is 19.5 Å². The number of nitrogens with two attached hydrogens (primary N) is 1. The van der Waals surface area contributed by atoms with E-state index in [1.54, 1.807) is 24.5 Å². The van der Waals surface area contributed by atoms with E-state index in [0.29, 0.717) is 5.75 Å². The number of carbonyl (C=O) groups excluding carboxylic acids is 1. The van der Waals surface area contributed by atoms with Crippen molar-refractivity contribution in [3.8, 4) is 11.5 Å². The van der Waals surface area contributed by atoms with Gasteiger partial charge in [0.15, 0.2) is 11.5 Å². The molecule has 1 unspecified atom stereocenters. The van der Waals surface area contributed by atoms with E-state index in [2.05, 4.69) is 10.4 Å². The number of hydrogen-bond acceptors (Lipinski definition) is 5. The van der Waals surface area contributed by atoms with E-state index in [4.69, 9.17) is 10.5 Å². The average molecular weight is 290 g/mol. The largest absolute Gasteiger partial charge is 0.504 e. The minimum Gasteiger partial charge on any atom is -0.504 e. The van der Waals surface area contributed by atoms with Crippen molar-refractivity contribution in [2.24, 2.45) is 5.73 Å². The van der Waals surface area contributed by atoms with Gasteiger partial charge in [-0.2, -0.15) is 5.10 Å². The van der Waals surface area contributed by atoms with Gasteiger partial charge in [0.2, 0.25) is 5.91 Å². The number of aromatic hydroxyl groups is 1. The van der Waals surface area contributed by atoms with Gasteiger partial charge in [-0.05, 0) is 24.6 Å². The van der Waals surface area contributed by atoms with Crippen molar-refractivity contribution in [3.63, 3.8) is 0 Å². The van der Waals surface area contributed by atoms with E-state index in [1.807, 2.05) is 13.0 Å². The van der Waals surface area contributed by atoms with Crippen LogP contribution in [0.3, 0.4) is 0 Å². The van der Waals surface area contributed by atoms with Crippen LogP contribution < -0.4 is 15.8 Å². The summed E-state index contributed by atoms with van der Waals surface area (Å²) in [6.07, 6.45) is 3.33. The van der Waals surface area contributed by atoms with Crippen molar-refractivity contribution >= 4 is 11.6 Å². The summed E-state index contributed by atoms with van der Waals surface area (Å²) in [5.74, 6) is 0.0780. The molecule has 0 saturated carbocycles. The predicted molar refractivity (Wildman–Crippen MR) is 78.1 cm³/mol. The van der Waals surface area contributed by atoms with Crippen molar-refractivity contribution < 1.29 is 14.6 Å². The topological polar surface area (TPSA) is 102 Å². The van der Waals surface area contributed by atoms with Gasteiger partial charge in [-0.15, -0.1) is 0 Å². The van der Waals surface area contributed by atoms with Crippen molar-refractivity contribution in [2.75, 3.05) is 12.4 Å². The predicted octanol–water partition coefficient (Wildman–Crippen LogP) is 1.26. The van der Waals surface area contributed by atoms with Gasteiger partial charge in [0.1, 0.15) is 6.54 Å². The first-order valence-corrected chi connectivity index (χ1v) is 6.44. The molecule has 0 spiro atoms. The van der Waals surface area contributed by atoms with Gasteiger partial charge in [-0.3, -0.25) is 9.48 Å². The summed E-state index contributed by atoms with van der Waals surface area (Å²) in [5.41, 5.74) is 6.84. The zero-order chi connectivity index (χ0) is 15.4. The Labute approximate surface area is 122 Å². The summed E-state index contributed by atoms with van der Waals surface area (Å²) in [7, 11) is 1.50. The van der Waals surface area contributed by atoms with E-state index in [-0.39, 0.29) is 18.3 Å². The summed E-state index contributed by atoms with van der Waals surface area (Å²) in [6.45, 7) is 2.01. The highest BCUT2D eigenvalue weighted by molar-refractivity contribution is 5.73. The number of primary amides is 1. The third-order valence-electron chi connectivity index (χ3n) is 3.04. The Kier molecular flexibility index (Phi) is 4.32. The van der Waals surface area contributed by atoms with Crippen LogP contribution >= 0.6 is 0 Å². The Bertz CT molecular complexity index is 639. The zero-order valence-electron chi connectivity index (χ0n) is 11.9. The Balaban J connectivity index is 2.08. The smallest absolute Gasteiger partial charge is 0.239 e. The van der Waals surface area contributed by atoms with Crippen LogP contribution in [0.1, 0.15) is 18.5 Å². The fourth-order valence-corrected chi connectivity index (χ4v) is 1.98. The summed E-state index contributed by atoms with van der Waals surface area (Å²) in [5, 5.41) is 16.9. The van der Waals surface area contributed by atoms with Crippen LogP contribution in [0.25, 0.3) is 0 Å². The Morgan fingerprint density at radius 3 is 3.00 bits per heavy atom. The lowest BCUT2D eigenvalue weighted by molar-refractivity contribution is -0.118. The molecule has 0 aliphatic rings. The molecule has 7 nitrogen and oxygen atoms in total. The molecule has 7 heteroatoms. The molecule has 1 heterocycles. The third kappa shape index (κ3) is 3.65. The number of ether oxygens (including phenoxy) is 1. The molecule has 1 aromatic heterocycles. The zero-order valence-corrected chi connectivity index (χ0v) is 11.9. The number of carbonyl (C=O) groups is 1. The number of nitrogens with one attached hydrogen (secondary N) is 1. The van der Waals surface area contributed by atoms with Gasteiger partial charge in [0.25, 0.3) is 0 Å². The highest BCUT2D eigenvalue weighted by Crippen LogP contribution is 2.29. The third-order valence-corrected chi connectivity index (χ3v) is 3.04. The minimum absolute atomic E-state index is 0.0225. The molecule has 0 aliphatic carbocycles. The maximum Gasteiger partial charge on any atom is 0.239 e. The van der Waals surface area contributed by atoms with E-state index >= 15 is 0 Å². The van der Waals surface area contributed by atoms with Crippen molar-refractivity contribution in [1.29, 1.82) is 0 Å². The molecule has 0 radical (unpaired) electrons. The molecule has 1 amide bonds. The van der Waals surface area contributed by atoms with Gasteiger partial charge in [-0.25, -0.2) is 0 Å². The van der Waals surface area contributed by atoms with Crippen LogP contribution in [-0.2, 0) is 11.3 Å². The number of rotatable bonds is 6. The number of anilines is 1. The molecule has 0 aliphatic heterocycles. The first-order valence-electron chi connectivity index (χ1n) is 6.44. The van der Waals surface area contributed by atoms with Crippen LogP contribution in [0.4, 0.5) is 5.69 Å². The number of phenolic OH excluding ortho intramolecular Hbond substituents is 1. The van der Waals surface area contributed by atoms with Crippen LogP contribution in [0.15, 0.2) is 30.6 Å². The van der Waals surface area contributed by atoms with E-state index in [9.17, 15) is 9.90 Å². The van der Waals surface area contributed by atoms with Gasteiger partial charge in [-0.1, -0.05) is 6.07 Å². The van der Waals surface area contributed by atoms with Gasteiger partial charge in [0.05, 0.1) is 19.0 Å². The van der Waals surface area contributed by atoms with E-state index in [1.165, 1.54) is 11.8 Å². The molecular formula is C14H18N4O3. The summed E-state index contributed by atoms with van der Waals surface area (Å²) < 4.78 is 6.56. The molecule has 0 fully saturated rings. The quantitative estimate of drug-likeness (QED) is 0.743. The lowest BCUT2D eigenvalue weighted by atomic mass is 10.1. The van der Waals surface area contributed by atoms with Crippen molar-refractivity contribution in [3.05, 3.63) is 36.2 Å². The summed E-state index contributed by atoms with van der Waals surface area (Å²) in [4.78, 5) is 10.8. The molecule has 1 aromatic carbocycles. The molecule has 2 rings (SSSR count). The van der Waals surface area contributed by atoms with Gasteiger partial charge in [0, 0.05) is 12.2 Å². The minimum atomic E-state index is -0.444. The second kappa shape index (κ2) is 6.17. The number of methoxy groups -OCH3 is 1. The number of aromatic nitrogens is 2. The fraction of sp³-hybridized carbons (Fsp3) is 0.286. The summed E-state index contributed by atoms with van der Waals surface area (Å²) >= 11 is 0. The number of amides is 1. The number of benzene rings is 1. The lowest BCUT2D eigenvalue weighted by Crippen LogP contribution is -2.18. The Hall–Kier alpha value is -2.70. The monoisotopic (exact) mass is 290 g/mol. The molecule has 0 bridgehead atoms. The molecule has 1 atom stereocenters. The molecule has 4 N–H and O–H groups in total. The highest BCUT2D eigenvalue weighted by atomic mass is 16.5.